The molecule has 0 aliphatic carbocycles. The van der Waals surface area contributed by atoms with Gasteiger partial charge < -0.3 is 19.1 Å². The second-order valence-corrected chi connectivity index (χ2v) is 9.46. The van der Waals surface area contributed by atoms with Crippen molar-refractivity contribution in [3.8, 4) is 5.75 Å². The van der Waals surface area contributed by atoms with Crippen LogP contribution in [0.1, 0.15) is 49.0 Å². The van der Waals surface area contributed by atoms with Crippen molar-refractivity contribution in [2.24, 2.45) is 0 Å². The minimum Gasteiger partial charge on any atom is -0.492 e. The molecule has 1 heterocycles. The number of nitrogens with zero attached hydrogens (tertiary/aromatic N) is 3. The van der Waals surface area contributed by atoms with Crippen LogP contribution in [0.3, 0.4) is 0 Å². The Morgan fingerprint density at radius 3 is 2.47 bits per heavy atom. The fourth-order valence-electron chi connectivity index (χ4n) is 4.03. The van der Waals surface area contributed by atoms with Crippen LogP contribution in [-0.4, -0.2) is 49.7 Å². The molecule has 0 saturated carbocycles. The molecule has 0 radical (unpaired) electrons. The molecule has 34 heavy (non-hydrogen) atoms. The van der Waals surface area contributed by atoms with Crippen LogP contribution in [0.2, 0.25) is 5.02 Å². The summed E-state index contributed by atoms with van der Waals surface area (Å²) < 4.78 is 7.59. The van der Waals surface area contributed by atoms with Crippen LogP contribution >= 0.6 is 11.6 Å². The third-order valence-electron chi connectivity index (χ3n) is 5.94. The largest absolute Gasteiger partial charge is 0.492 e. The van der Waals surface area contributed by atoms with Gasteiger partial charge in [-0.05, 0) is 75.3 Å². The van der Waals surface area contributed by atoms with Gasteiger partial charge >= 0.3 is 0 Å². The molecule has 3 aromatic rings. The van der Waals surface area contributed by atoms with Gasteiger partial charge in [-0.25, -0.2) is 0 Å². The van der Waals surface area contributed by atoms with Crippen LogP contribution in [-0.2, 0) is 6.54 Å². The zero-order chi connectivity index (χ0) is 25.0. The van der Waals surface area contributed by atoms with Crippen LogP contribution in [0, 0.1) is 0 Å². The number of carbonyl (C=O) groups is 1. The number of pyridine rings is 1. The summed E-state index contributed by atoms with van der Waals surface area (Å²) in [5.74, 6) is 0.526. The number of rotatable bonds is 9. The molecule has 0 saturated heterocycles. The number of hydrogen-bond donors (Lipinski definition) is 0. The predicted molar refractivity (Wildman–Crippen MR) is 141 cm³/mol. The van der Waals surface area contributed by atoms with Gasteiger partial charge in [0, 0.05) is 42.8 Å². The Balaban J connectivity index is 1.91. The Labute approximate surface area is 206 Å². The quantitative estimate of drug-likeness (QED) is 0.382. The lowest BCUT2D eigenvalue weighted by Crippen LogP contribution is -2.26. The molecule has 0 aliphatic heterocycles. The first-order valence-electron chi connectivity index (χ1n) is 11.7. The first kappa shape index (κ1) is 25.8. The molecule has 1 amide bonds. The van der Waals surface area contributed by atoms with Crippen molar-refractivity contribution in [3.63, 3.8) is 0 Å². The minimum absolute atomic E-state index is 0.00448. The van der Waals surface area contributed by atoms with Gasteiger partial charge in [-0.3, -0.25) is 9.59 Å². The highest BCUT2D eigenvalue weighted by Crippen LogP contribution is 2.30. The molecule has 6 nitrogen and oxygen atoms in total. The molecular formula is C27H34ClN3O3. The number of ether oxygens (including phenoxy) is 1. The van der Waals surface area contributed by atoms with E-state index in [0.29, 0.717) is 29.5 Å². The Morgan fingerprint density at radius 1 is 1.09 bits per heavy atom. The maximum Gasteiger partial charge on any atom is 0.258 e. The van der Waals surface area contributed by atoms with Crippen LogP contribution < -0.4 is 15.2 Å². The fraction of sp³-hybridized carbons (Fsp3) is 0.407. The highest BCUT2D eigenvalue weighted by molar-refractivity contribution is 6.32. The number of aromatic nitrogens is 1. The summed E-state index contributed by atoms with van der Waals surface area (Å²) in [6.07, 6.45) is 0.861. The predicted octanol–water partition coefficient (Wildman–Crippen LogP) is 5.41. The van der Waals surface area contributed by atoms with Crippen molar-refractivity contribution in [2.75, 3.05) is 39.2 Å². The van der Waals surface area contributed by atoms with Gasteiger partial charge in [0.2, 0.25) is 0 Å². The number of carbonyl (C=O) groups excluding carboxylic acids is 1. The number of fused-ring (bicyclic) bond motifs is 1. The molecule has 0 fully saturated rings. The maximum absolute atomic E-state index is 13.3. The molecular weight excluding hydrogens is 450 g/mol. The van der Waals surface area contributed by atoms with Gasteiger partial charge in [-0.1, -0.05) is 25.4 Å². The summed E-state index contributed by atoms with van der Waals surface area (Å²) in [5, 5.41) is 1.46. The standard InChI is InChI=1S/C27H34ClN3O3/c1-7-31-24-12-10-20(16-22(24)21(18(2)3)17-26(31)32)30(6)27(33)19-9-11-23(28)25(15-19)34-14-8-13-29(4)5/h9-12,15-18H,7-8,13-14H2,1-6H3. The molecule has 0 unspecified atom stereocenters. The summed E-state index contributed by atoms with van der Waals surface area (Å²) >= 11 is 6.30. The monoisotopic (exact) mass is 483 g/mol. The summed E-state index contributed by atoms with van der Waals surface area (Å²) in [6.45, 7) is 8.11. The number of aryl methyl sites for hydroxylation is 1. The normalized spacial score (nSPS) is 11.4. The lowest BCUT2D eigenvalue weighted by molar-refractivity contribution is 0.0992. The van der Waals surface area contributed by atoms with Crippen molar-refractivity contribution < 1.29 is 9.53 Å². The smallest absolute Gasteiger partial charge is 0.258 e. The van der Waals surface area contributed by atoms with Gasteiger partial charge in [0.05, 0.1) is 17.1 Å². The average molecular weight is 484 g/mol. The number of amides is 1. The topological polar surface area (TPSA) is 54.8 Å². The summed E-state index contributed by atoms with van der Waals surface area (Å²) in [4.78, 5) is 29.6. The molecule has 3 rings (SSSR count). The molecule has 0 N–H and O–H groups in total. The first-order valence-corrected chi connectivity index (χ1v) is 12.0. The van der Waals surface area contributed by atoms with E-state index in [1.54, 1.807) is 40.8 Å². The van der Waals surface area contributed by atoms with E-state index in [4.69, 9.17) is 16.3 Å². The first-order chi connectivity index (χ1) is 16.1. The van der Waals surface area contributed by atoms with E-state index in [0.717, 1.165) is 35.1 Å². The Bertz CT molecular complexity index is 1230. The third kappa shape index (κ3) is 5.62. The van der Waals surface area contributed by atoms with Crippen LogP contribution in [0.4, 0.5) is 5.69 Å². The van der Waals surface area contributed by atoms with Crippen molar-refractivity contribution in [2.45, 2.75) is 39.7 Å². The second kappa shape index (κ2) is 11.1. The SMILES string of the molecule is CCn1c(=O)cc(C(C)C)c2cc(N(C)C(=O)c3ccc(Cl)c(OCCCN(C)C)c3)ccc21. The van der Waals surface area contributed by atoms with Gasteiger partial charge in [0.15, 0.2) is 0 Å². The van der Waals surface area contributed by atoms with Crippen molar-refractivity contribution in [3.05, 3.63) is 69.0 Å². The number of halogens is 1. The summed E-state index contributed by atoms with van der Waals surface area (Å²) in [5.41, 5.74) is 3.10. The second-order valence-electron chi connectivity index (χ2n) is 9.05. The van der Waals surface area contributed by atoms with Crippen molar-refractivity contribution in [1.29, 1.82) is 0 Å². The lowest BCUT2D eigenvalue weighted by Gasteiger charge is -2.21. The molecule has 2 aromatic carbocycles. The van der Waals surface area contributed by atoms with Gasteiger partial charge in [0.25, 0.3) is 11.5 Å². The van der Waals surface area contributed by atoms with Crippen LogP contribution in [0.25, 0.3) is 10.9 Å². The fourth-order valence-corrected chi connectivity index (χ4v) is 4.20. The third-order valence-corrected chi connectivity index (χ3v) is 6.25. The molecule has 0 bridgehead atoms. The molecule has 0 atom stereocenters. The number of hydrogen-bond acceptors (Lipinski definition) is 4. The van der Waals surface area contributed by atoms with E-state index >= 15 is 0 Å². The zero-order valence-corrected chi connectivity index (χ0v) is 21.6. The van der Waals surface area contributed by atoms with E-state index in [2.05, 4.69) is 18.7 Å². The molecule has 0 spiro atoms. The Hall–Kier alpha value is -2.83. The van der Waals surface area contributed by atoms with Gasteiger partial charge in [-0.2, -0.15) is 0 Å². The minimum atomic E-state index is -0.163. The number of anilines is 1. The highest BCUT2D eigenvalue weighted by atomic mass is 35.5. The van der Waals surface area contributed by atoms with E-state index < -0.39 is 0 Å². The van der Waals surface area contributed by atoms with E-state index in [9.17, 15) is 9.59 Å². The lowest BCUT2D eigenvalue weighted by atomic mass is 9.98. The summed E-state index contributed by atoms with van der Waals surface area (Å²) in [6, 6.07) is 12.6. The van der Waals surface area contributed by atoms with Crippen molar-refractivity contribution in [1.82, 2.24) is 9.47 Å². The van der Waals surface area contributed by atoms with Gasteiger partial charge in [0.1, 0.15) is 5.75 Å². The van der Waals surface area contributed by atoms with Crippen LogP contribution in [0.15, 0.2) is 47.3 Å². The van der Waals surface area contributed by atoms with E-state index in [1.807, 2.05) is 39.2 Å². The highest BCUT2D eigenvalue weighted by Gasteiger charge is 2.18. The van der Waals surface area contributed by atoms with Gasteiger partial charge in [-0.15, -0.1) is 0 Å². The maximum atomic E-state index is 13.3. The van der Waals surface area contributed by atoms with E-state index in [1.165, 1.54) is 0 Å². The molecule has 0 aliphatic rings. The Kier molecular flexibility index (Phi) is 8.39. The average Bonchev–Trinajstić information content (AvgIpc) is 2.80. The molecule has 1 aromatic heterocycles. The molecule has 7 heteroatoms. The van der Waals surface area contributed by atoms with E-state index in [-0.39, 0.29) is 17.4 Å². The van der Waals surface area contributed by atoms with Crippen LogP contribution in [0.5, 0.6) is 5.75 Å². The Morgan fingerprint density at radius 2 is 1.82 bits per heavy atom. The zero-order valence-electron chi connectivity index (χ0n) is 20.9. The molecule has 182 valence electrons. The number of benzene rings is 2. The summed E-state index contributed by atoms with van der Waals surface area (Å²) in [7, 11) is 5.78. The van der Waals surface area contributed by atoms with Crippen molar-refractivity contribution >= 4 is 34.1 Å².